The maximum atomic E-state index is 12.2. The van der Waals surface area contributed by atoms with Crippen LogP contribution in [0, 0.1) is 17.8 Å². The van der Waals surface area contributed by atoms with Crippen molar-refractivity contribution in [2.45, 2.75) is 31.8 Å². The Morgan fingerprint density at radius 3 is 2.94 bits per heavy atom. The second-order valence-electron chi connectivity index (χ2n) is 5.52. The van der Waals surface area contributed by atoms with Crippen molar-refractivity contribution in [2.75, 3.05) is 0 Å². The molecule has 2 saturated carbocycles. The summed E-state index contributed by atoms with van der Waals surface area (Å²) in [5.41, 5.74) is 7.19. The fourth-order valence-corrected chi connectivity index (χ4v) is 3.53. The highest BCUT2D eigenvalue weighted by atomic mass is 16.1. The quantitative estimate of drug-likeness (QED) is 0.837. The molecule has 0 saturated heterocycles. The number of nitrogens with two attached hydrogens (primary N) is 1. The smallest absolute Gasteiger partial charge is 0.225 e. The van der Waals surface area contributed by atoms with Gasteiger partial charge in [0.1, 0.15) is 0 Å². The van der Waals surface area contributed by atoms with Crippen molar-refractivity contribution in [3.63, 3.8) is 0 Å². The topological polar surface area (TPSA) is 68.0 Å². The summed E-state index contributed by atoms with van der Waals surface area (Å²) in [6.07, 6.45) is 7.03. The van der Waals surface area contributed by atoms with Crippen molar-refractivity contribution in [1.82, 2.24) is 10.3 Å². The van der Waals surface area contributed by atoms with Crippen LogP contribution in [0.4, 0.5) is 0 Å². The molecule has 4 nitrogen and oxygen atoms in total. The van der Waals surface area contributed by atoms with E-state index in [0.29, 0.717) is 18.4 Å². The molecule has 0 spiro atoms. The van der Waals surface area contributed by atoms with Crippen LogP contribution in [0.3, 0.4) is 0 Å². The molecule has 4 heteroatoms. The lowest BCUT2D eigenvalue weighted by Gasteiger charge is -2.27. The Balaban J connectivity index is 1.59. The van der Waals surface area contributed by atoms with Gasteiger partial charge >= 0.3 is 0 Å². The summed E-state index contributed by atoms with van der Waals surface area (Å²) in [4.78, 5) is 16.2. The molecule has 1 aromatic rings. The van der Waals surface area contributed by atoms with Crippen molar-refractivity contribution < 1.29 is 4.79 Å². The average molecular weight is 245 g/mol. The van der Waals surface area contributed by atoms with Gasteiger partial charge in [-0.1, -0.05) is 6.07 Å². The van der Waals surface area contributed by atoms with E-state index < -0.39 is 0 Å². The molecule has 0 radical (unpaired) electrons. The molecule has 96 valence electrons. The second-order valence-corrected chi connectivity index (χ2v) is 5.52. The molecule has 2 aliphatic carbocycles. The normalized spacial score (nSPS) is 33.6. The van der Waals surface area contributed by atoms with E-state index in [-0.39, 0.29) is 17.9 Å². The number of nitrogens with zero attached hydrogens (tertiary/aromatic N) is 1. The van der Waals surface area contributed by atoms with E-state index in [1.807, 2.05) is 12.1 Å². The van der Waals surface area contributed by atoms with E-state index in [1.165, 1.54) is 12.8 Å². The van der Waals surface area contributed by atoms with Gasteiger partial charge < -0.3 is 11.1 Å². The van der Waals surface area contributed by atoms with Gasteiger partial charge in [0.15, 0.2) is 0 Å². The van der Waals surface area contributed by atoms with E-state index in [1.54, 1.807) is 12.4 Å². The third-order valence-electron chi connectivity index (χ3n) is 4.47. The van der Waals surface area contributed by atoms with Crippen LogP contribution in [-0.2, 0) is 11.3 Å². The summed E-state index contributed by atoms with van der Waals surface area (Å²) in [5, 5.41) is 3.00. The maximum Gasteiger partial charge on any atom is 0.225 e. The Bertz CT molecular complexity index is 432. The van der Waals surface area contributed by atoms with Crippen molar-refractivity contribution in [3.05, 3.63) is 30.1 Å². The van der Waals surface area contributed by atoms with Gasteiger partial charge in [-0.3, -0.25) is 9.78 Å². The number of carbonyl (C=O) groups excluding carboxylic acids is 1. The van der Waals surface area contributed by atoms with Crippen LogP contribution in [0.1, 0.15) is 24.8 Å². The predicted molar refractivity (Wildman–Crippen MR) is 68.4 cm³/mol. The largest absolute Gasteiger partial charge is 0.352 e. The molecule has 1 amide bonds. The Hall–Kier alpha value is -1.42. The van der Waals surface area contributed by atoms with Gasteiger partial charge in [0, 0.05) is 25.0 Å². The fourth-order valence-electron chi connectivity index (χ4n) is 3.53. The highest BCUT2D eigenvalue weighted by Crippen LogP contribution is 2.47. The molecule has 4 atom stereocenters. The SMILES string of the molecule is NC1C2CCC(C2)C1C(=O)NCc1cccnc1. The molecule has 3 rings (SSSR count). The number of fused-ring (bicyclic) bond motifs is 2. The third kappa shape index (κ3) is 2.01. The van der Waals surface area contributed by atoms with E-state index in [9.17, 15) is 4.79 Å². The lowest BCUT2D eigenvalue weighted by Crippen LogP contribution is -2.45. The number of pyridine rings is 1. The number of carbonyl (C=O) groups is 1. The predicted octanol–water partition coefficient (Wildman–Crippen LogP) is 1.07. The molecule has 2 aliphatic rings. The van der Waals surface area contributed by atoms with Crippen molar-refractivity contribution in [1.29, 1.82) is 0 Å². The van der Waals surface area contributed by atoms with Crippen LogP contribution in [0.15, 0.2) is 24.5 Å². The first-order chi connectivity index (χ1) is 8.75. The van der Waals surface area contributed by atoms with E-state index in [2.05, 4.69) is 10.3 Å². The Labute approximate surface area is 107 Å². The molecular weight excluding hydrogens is 226 g/mol. The lowest BCUT2D eigenvalue weighted by molar-refractivity contribution is -0.127. The van der Waals surface area contributed by atoms with Crippen LogP contribution < -0.4 is 11.1 Å². The standard InChI is InChI=1S/C14H19N3O/c15-13-11-4-3-10(6-11)12(13)14(18)17-8-9-2-1-5-16-7-9/h1-2,5,7,10-13H,3-4,6,8,15H2,(H,17,18). The summed E-state index contributed by atoms with van der Waals surface area (Å²) in [6, 6.07) is 3.91. The molecular formula is C14H19N3O. The van der Waals surface area contributed by atoms with E-state index >= 15 is 0 Å². The van der Waals surface area contributed by atoms with E-state index in [0.717, 1.165) is 12.0 Å². The van der Waals surface area contributed by atoms with Crippen LogP contribution in [-0.4, -0.2) is 16.9 Å². The molecule has 2 bridgehead atoms. The Kier molecular flexibility index (Phi) is 3.04. The van der Waals surface area contributed by atoms with Crippen LogP contribution in [0.2, 0.25) is 0 Å². The van der Waals surface area contributed by atoms with Crippen molar-refractivity contribution in [2.24, 2.45) is 23.5 Å². The first-order valence-corrected chi connectivity index (χ1v) is 6.68. The number of hydrogen-bond acceptors (Lipinski definition) is 3. The fraction of sp³-hybridized carbons (Fsp3) is 0.571. The third-order valence-corrected chi connectivity index (χ3v) is 4.47. The Morgan fingerprint density at radius 2 is 2.28 bits per heavy atom. The van der Waals surface area contributed by atoms with Gasteiger partial charge in [0.2, 0.25) is 5.91 Å². The summed E-state index contributed by atoms with van der Waals surface area (Å²) in [5.74, 6) is 1.24. The van der Waals surface area contributed by atoms with E-state index in [4.69, 9.17) is 5.73 Å². The molecule has 2 fully saturated rings. The van der Waals surface area contributed by atoms with Gasteiger partial charge in [-0.15, -0.1) is 0 Å². The number of rotatable bonds is 3. The number of hydrogen-bond donors (Lipinski definition) is 2. The summed E-state index contributed by atoms with van der Waals surface area (Å²) >= 11 is 0. The van der Waals surface area contributed by atoms with Crippen LogP contribution in [0.5, 0.6) is 0 Å². The zero-order valence-electron chi connectivity index (χ0n) is 10.4. The first-order valence-electron chi connectivity index (χ1n) is 6.68. The molecule has 1 aromatic heterocycles. The number of aromatic nitrogens is 1. The van der Waals surface area contributed by atoms with Gasteiger partial charge in [0.05, 0.1) is 5.92 Å². The van der Waals surface area contributed by atoms with Gasteiger partial charge in [-0.25, -0.2) is 0 Å². The van der Waals surface area contributed by atoms with Crippen molar-refractivity contribution >= 4 is 5.91 Å². The van der Waals surface area contributed by atoms with Gasteiger partial charge in [-0.2, -0.15) is 0 Å². The summed E-state index contributed by atoms with van der Waals surface area (Å²) in [6.45, 7) is 0.549. The zero-order valence-corrected chi connectivity index (χ0v) is 10.4. The minimum Gasteiger partial charge on any atom is -0.352 e. The minimum atomic E-state index is 0.0282. The minimum absolute atomic E-state index is 0.0282. The molecule has 1 heterocycles. The lowest BCUT2D eigenvalue weighted by atomic mass is 9.84. The number of amides is 1. The van der Waals surface area contributed by atoms with Gasteiger partial charge in [-0.05, 0) is 42.7 Å². The summed E-state index contributed by atoms with van der Waals surface area (Å²) < 4.78 is 0. The zero-order chi connectivity index (χ0) is 12.5. The molecule has 3 N–H and O–H groups in total. The highest BCUT2D eigenvalue weighted by molar-refractivity contribution is 5.80. The Morgan fingerprint density at radius 1 is 1.44 bits per heavy atom. The van der Waals surface area contributed by atoms with Gasteiger partial charge in [0.25, 0.3) is 0 Å². The first kappa shape index (κ1) is 11.7. The van der Waals surface area contributed by atoms with Crippen LogP contribution in [0.25, 0.3) is 0 Å². The highest BCUT2D eigenvalue weighted by Gasteiger charge is 2.48. The second kappa shape index (κ2) is 4.69. The average Bonchev–Trinajstić information content (AvgIpc) is 2.98. The molecule has 0 aliphatic heterocycles. The summed E-state index contributed by atoms with van der Waals surface area (Å²) in [7, 11) is 0. The van der Waals surface area contributed by atoms with Crippen molar-refractivity contribution in [3.8, 4) is 0 Å². The molecule has 18 heavy (non-hydrogen) atoms. The van der Waals surface area contributed by atoms with Crippen LogP contribution >= 0.6 is 0 Å². The molecule has 0 aromatic carbocycles. The maximum absolute atomic E-state index is 12.2. The monoisotopic (exact) mass is 245 g/mol. The number of nitrogens with one attached hydrogen (secondary N) is 1. The molecule has 4 unspecified atom stereocenters.